The minimum absolute atomic E-state index is 0.0333. The van der Waals surface area contributed by atoms with Crippen molar-refractivity contribution in [3.63, 3.8) is 0 Å². The number of para-hydroxylation sites is 1. The largest absolute Gasteiger partial charge is 0.480 e. The van der Waals surface area contributed by atoms with Crippen molar-refractivity contribution >= 4 is 30.8 Å². The van der Waals surface area contributed by atoms with Crippen LogP contribution in [-0.4, -0.2) is 63.6 Å². The number of carboxylic acids is 1. The molecular formula is C23H29N6O7P. The van der Waals surface area contributed by atoms with Crippen molar-refractivity contribution in [2.45, 2.75) is 25.4 Å². The highest BCUT2D eigenvalue weighted by atomic mass is 31.2. The number of carbonyl (C=O) groups is 1. The molecule has 0 spiro atoms. The Morgan fingerprint density at radius 2 is 2.05 bits per heavy atom. The van der Waals surface area contributed by atoms with Gasteiger partial charge in [0.25, 0.3) is 0 Å². The summed E-state index contributed by atoms with van der Waals surface area (Å²) in [6.07, 6.45) is 6.13. The number of allylic oxidation sites excluding steroid dienone is 1. The van der Waals surface area contributed by atoms with Gasteiger partial charge in [-0.05, 0) is 25.5 Å². The van der Waals surface area contributed by atoms with Gasteiger partial charge in [-0.15, -0.1) is 0 Å². The van der Waals surface area contributed by atoms with Crippen LogP contribution in [0.15, 0.2) is 48.8 Å². The zero-order valence-electron chi connectivity index (χ0n) is 20.4. The van der Waals surface area contributed by atoms with Crippen molar-refractivity contribution in [3.05, 3.63) is 48.8 Å². The third kappa shape index (κ3) is 6.63. The van der Waals surface area contributed by atoms with Crippen LogP contribution in [0.25, 0.3) is 11.2 Å². The summed E-state index contributed by atoms with van der Waals surface area (Å²) < 4.78 is 37.2. The van der Waals surface area contributed by atoms with Gasteiger partial charge in [0.05, 0.1) is 25.6 Å². The van der Waals surface area contributed by atoms with E-state index in [1.807, 2.05) is 16.7 Å². The first-order valence-corrected chi connectivity index (χ1v) is 13.1. The average Bonchev–Trinajstić information content (AvgIpc) is 3.50. The molecule has 0 radical (unpaired) electrons. The van der Waals surface area contributed by atoms with E-state index in [-0.39, 0.29) is 37.0 Å². The van der Waals surface area contributed by atoms with Crippen molar-refractivity contribution < 1.29 is 33.0 Å². The van der Waals surface area contributed by atoms with Crippen LogP contribution in [0, 0.1) is 5.92 Å². The highest BCUT2D eigenvalue weighted by molar-refractivity contribution is 7.52. The van der Waals surface area contributed by atoms with Crippen LogP contribution < -0.4 is 20.1 Å². The second-order valence-electron chi connectivity index (χ2n) is 8.39. The summed E-state index contributed by atoms with van der Waals surface area (Å²) in [4.78, 5) is 24.2. The van der Waals surface area contributed by atoms with E-state index in [9.17, 15) is 14.5 Å². The standard InChI is InChI=1S/C23H29N6O7P/c1-15(22(30)31)28-37(32,36-18-6-4-3-5-7-18)35-13-16-8-9-17(12-16)29-14-25-19-20(29)26-23(24)27-21(19)34-11-10-33-2/h3-9,14-17H,10-13H2,1-2H3,(H,28,32)(H,30,31)(H2,24,26,27)/t15-,16+,17-,37+/m0/s1. The van der Waals surface area contributed by atoms with Gasteiger partial charge < -0.3 is 29.4 Å². The van der Waals surface area contributed by atoms with E-state index in [1.54, 1.807) is 43.8 Å². The smallest absolute Gasteiger partial charge is 0.459 e. The number of benzene rings is 1. The third-order valence-electron chi connectivity index (χ3n) is 5.59. The van der Waals surface area contributed by atoms with Crippen molar-refractivity contribution in [2.24, 2.45) is 5.92 Å². The lowest BCUT2D eigenvalue weighted by molar-refractivity contribution is -0.138. The molecule has 4 atom stereocenters. The van der Waals surface area contributed by atoms with E-state index in [0.717, 1.165) is 0 Å². The first kappa shape index (κ1) is 26.6. The number of nitrogens with one attached hydrogen (secondary N) is 1. The quantitative estimate of drug-likeness (QED) is 0.167. The van der Waals surface area contributed by atoms with Crippen molar-refractivity contribution in [2.75, 3.05) is 32.7 Å². The predicted octanol–water partition coefficient (Wildman–Crippen LogP) is 2.82. The van der Waals surface area contributed by atoms with Gasteiger partial charge in [-0.1, -0.05) is 30.4 Å². The second-order valence-corrected chi connectivity index (χ2v) is 10.1. The number of carboxylic acid groups (broad SMARTS) is 1. The number of aromatic nitrogens is 4. The molecule has 0 unspecified atom stereocenters. The molecule has 198 valence electrons. The summed E-state index contributed by atoms with van der Waals surface area (Å²) in [5.41, 5.74) is 6.89. The van der Waals surface area contributed by atoms with Gasteiger partial charge in [-0.3, -0.25) is 9.32 Å². The Balaban J connectivity index is 1.45. The summed E-state index contributed by atoms with van der Waals surface area (Å²) >= 11 is 0. The molecule has 37 heavy (non-hydrogen) atoms. The van der Waals surface area contributed by atoms with Crippen LogP contribution >= 0.6 is 7.75 Å². The number of nitrogens with zero attached hydrogens (tertiary/aromatic N) is 4. The maximum atomic E-state index is 13.4. The molecule has 4 N–H and O–H groups in total. The Morgan fingerprint density at radius 3 is 2.78 bits per heavy atom. The number of nitrogens with two attached hydrogens (primary N) is 1. The summed E-state index contributed by atoms with van der Waals surface area (Å²) in [6.45, 7) is 2.07. The number of fused-ring (bicyclic) bond motifs is 1. The highest BCUT2D eigenvalue weighted by Crippen LogP contribution is 2.46. The highest BCUT2D eigenvalue weighted by Gasteiger charge is 2.33. The van der Waals surface area contributed by atoms with Crippen LogP contribution in [0.4, 0.5) is 5.95 Å². The second kappa shape index (κ2) is 11.7. The lowest BCUT2D eigenvalue weighted by Gasteiger charge is -2.23. The minimum Gasteiger partial charge on any atom is -0.480 e. The zero-order valence-corrected chi connectivity index (χ0v) is 21.3. The number of imidazole rings is 1. The van der Waals surface area contributed by atoms with Gasteiger partial charge >= 0.3 is 13.7 Å². The summed E-state index contributed by atoms with van der Waals surface area (Å²) in [5.74, 6) is -0.686. The Morgan fingerprint density at radius 1 is 1.27 bits per heavy atom. The maximum Gasteiger partial charge on any atom is 0.459 e. The zero-order chi connectivity index (χ0) is 26.4. The molecule has 2 heterocycles. The summed E-state index contributed by atoms with van der Waals surface area (Å²) in [6, 6.07) is 7.15. The van der Waals surface area contributed by atoms with Gasteiger partial charge in [0.15, 0.2) is 11.2 Å². The fraction of sp³-hybridized carbons (Fsp3) is 0.391. The van der Waals surface area contributed by atoms with Crippen LogP contribution in [0.3, 0.4) is 0 Å². The van der Waals surface area contributed by atoms with Gasteiger partial charge in [0, 0.05) is 13.0 Å². The van der Waals surface area contributed by atoms with E-state index < -0.39 is 19.8 Å². The molecule has 14 heteroatoms. The van der Waals surface area contributed by atoms with E-state index in [2.05, 4.69) is 20.0 Å². The van der Waals surface area contributed by atoms with E-state index >= 15 is 0 Å². The summed E-state index contributed by atoms with van der Waals surface area (Å²) in [5, 5.41) is 11.7. The third-order valence-corrected chi connectivity index (χ3v) is 7.23. The molecule has 1 aromatic carbocycles. The molecule has 0 fully saturated rings. The van der Waals surface area contributed by atoms with Gasteiger partial charge in [0.1, 0.15) is 18.4 Å². The van der Waals surface area contributed by atoms with Crippen molar-refractivity contribution in [3.8, 4) is 11.6 Å². The first-order chi connectivity index (χ1) is 17.8. The number of methoxy groups -OCH3 is 1. The Kier molecular flexibility index (Phi) is 8.39. The first-order valence-electron chi connectivity index (χ1n) is 11.6. The lowest BCUT2D eigenvalue weighted by atomic mass is 10.1. The molecular weight excluding hydrogens is 503 g/mol. The molecule has 1 aliphatic rings. The number of aliphatic carboxylic acids is 1. The molecule has 0 amide bonds. The number of hydrogen-bond donors (Lipinski definition) is 3. The molecule has 0 aliphatic heterocycles. The van der Waals surface area contributed by atoms with Crippen molar-refractivity contribution in [1.82, 2.24) is 24.6 Å². The summed E-state index contributed by atoms with van der Waals surface area (Å²) in [7, 11) is -2.42. The number of rotatable bonds is 13. The van der Waals surface area contributed by atoms with E-state index in [4.69, 9.17) is 24.3 Å². The van der Waals surface area contributed by atoms with E-state index in [0.29, 0.717) is 29.9 Å². The molecule has 0 bridgehead atoms. The van der Waals surface area contributed by atoms with Gasteiger partial charge in [-0.25, -0.2) is 9.55 Å². The Labute approximate surface area is 213 Å². The van der Waals surface area contributed by atoms with Crippen molar-refractivity contribution in [1.29, 1.82) is 0 Å². The number of anilines is 1. The molecule has 2 aromatic heterocycles. The van der Waals surface area contributed by atoms with Crippen LogP contribution in [0.5, 0.6) is 11.6 Å². The molecule has 4 rings (SSSR count). The predicted molar refractivity (Wildman–Crippen MR) is 134 cm³/mol. The topological polar surface area (TPSA) is 173 Å². The molecule has 3 aromatic rings. The molecule has 0 saturated heterocycles. The number of nitrogen functional groups attached to an aromatic ring is 1. The van der Waals surface area contributed by atoms with E-state index in [1.165, 1.54) is 6.92 Å². The van der Waals surface area contributed by atoms with Crippen LogP contribution in [0.2, 0.25) is 0 Å². The Bertz CT molecular complexity index is 1300. The molecule has 0 saturated carbocycles. The fourth-order valence-corrected chi connectivity index (χ4v) is 5.30. The Hall–Kier alpha value is -3.51. The number of hydrogen-bond acceptors (Lipinski definition) is 10. The average molecular weight is 532 g/mol. The van der Waals surface area contributed by atoms with Gasteiger partial charge in [0.2, 0.25) is 11.8 Å². The maximum absolute atomic E-state index is 13.4. The monoisotopic (exact) mass is 532 g/mol. The lowest BCUT2D eigenvalue weighted by Crippen LogP contribution is -2.33. The fourth-order valence-electron chi connectivity index (χ4n) is 3.75. The van der Waals surface area contributed by atoms with Gasteiger partial charge in [-0.2, -0.15) is 15.1 Å². The van der Waals surface area contributed by atoms with Crippen LogP contribution in [0.1, 0.15) is 19.4 Å². The molecule has 13 nitrogen and oxygen atoms in total. The SMILES string of the molecule is COCCOc1nc(N)nc2c1ncn2[C@H]1C=C[C@@H](CO[P@](=O)(N[C@@H](C)C(=O)O)Oc2ccccc2)C1. The molecule has 1 aliphatic carbocycles. The number of ether oxygens (including phenoxy) is 2. The van der Waals surface area contributed by atoms with Crippen LogP contribution in [-0.2, 0) is 18.6 Å². The normalized spacial score (nSPS) is 19.5. The minimum atomic E-state index is -4.00.